The summed E-state index contributed by atoms with van der Waals surface area (Å²) in [5.74, 6) is -0.249. The predicted octanol–water partition coefficient (Wildman–Crippen LogP) is 5.16. The van der Waals surface area contributed by atoms with Crippen LogP contribution in [-0.4, -0.2) is 18.6 Å². The molecule has 1 aromatic heterocycles. The number of hydrogen-bond acceptors (Lipinski definition) is 3. The lowest BCUT2D eigenvalue weighted by Gasteiger charge is -2.22. The summed E-state index contributed by atoms with van der Waals surface area (Å²) in [4.78, 5) is 4.34. The number of nitrogens with zero attached hydrogens (tertiary/aromatic N) is 1. The fourth-order valence-corrected chi connectivity index (χ4v) is 3.23. The Balaban J connectivity index is 2.07. The van der Waals surface area contributed by atoms with Crippen LogP contribution in [-0.2, 0) is 0 Å². The quantitative estimate of drug-likeness (QED) is 0.612. The maximum absolute atomic E-state index is 14.2. The zero-order valence-electron chi connectivity index (χ0n) is 13.0. The Labute approximate surface area is 153 Å². The number of benzene rings is 2. The van der Waals surface area contributed by atoms with Gasteiger partial charge in [0.2, 0.25) is 0 Å². The maximum atomic E-state index is 14.2. The summed E-state index contributed by atoms with van der Waals surface area (Å²) in [6.07, 6.45) is 1.61. The van der Waals surface area contributed by atoms with E-state index in [9.17, 15) is 4.39 Å². The van der Waals surface area contributed by atoms with Crippen LogP contribution in [0.25, 0.3) is 10.9 Å². The molecule has 0 radical (unpaired) electrons. The van der Waals surface area contributed by atoms with Gasteiger partial charge in [0.25, 0.3) is 0 Å². The molecule has 0 bridgehead atoms. The monoisotopic (exact) mass is 407 g/mol. The molecule has 24 heavy (non-hydrogen) atoms. The van der Waals surface area contributed by atoms with Crippen molar-refractivity contribution >= 4 is 44.1 Å². The Morgan fingerprint density at radius 1 is 1.25 bits per heavy atom. The van der Waals surface area contributed by atoms with Crippen molar-refractivity contribution in [2.24, 2.45) is 0 Å². The van der Waals surface area contributed by atoms with Crippen LogP contribution >= 0.6 is 27.5 Å². The average Bonchev–Trinajstić information content (AvgIpc) is 2.57. The molecule has 3 aromatic rings. The number of hydrogen-bond donors (Lipinski definition) is 2. The van der Waals surface area contributed by atoms with E-state index < -0.39 is 0 Å². The van der Waals surface area contributed by atoms with E-state index in [0.717, 1.165) is 21.1 Å². The molecule has 0 saturated carbocycles. The minimum Gasteiger partial charge on any atom is -0.375 e. The number of halogens is 3. The van der Waals surface area contributed by atoms with Gasteiger partial charge in [-0.25, -0.2) is 4.39 Å². The van der Waals surface area contributed by atoms with Crippen LogP contribution in [0.1, 0.15) is 11.6 Å². The maximum Gasteiger partial charge on any atom is 0.128 e. The van der Waals surface area contributed by atoms with Crippen LogP contribution in [0.4, 0.5) is 10.1 Å². The molecule has 0 aliphatic rings. The Bertz CT molecular complexity index is 867. The van der Waals surface area contributed by atoms with Crippen molar-refractivity contribution in [3.8, 4) is 0 Å². The number of anilines is 1. The molecule has 124 valence electrons. The molecular weight excluding hydrogens is 393 g/mol. The van der Waals surface area contributed by atoms with Crippen molar-refractivity contribution in [3.63, 3.8) is 0 Å². The lowest BCUT2D eigenvalue weighted by Crippen LogP contribution is -2.24. The van der Waals surface area contributed by atoms with Crippen LogP contribution in [0.2, 0.25) is 5.02 Å². The Hall–Kier alpha value is -1.69. The average molecular weight is 409 g/mol. The van der Waals surface area contributed by atoms with Crippen LogP contribution in [0.15, 0.2) is 53.1 Å². The van der Waals surface area contributed by atoms with Gasteiger partial charge in [0, 0.05) is 28.2 Å². The predicted molar refractivity (Wildman–Crippen MR) is 101 cm³/mol. The molecule has 1 unspecified atom stereocenters. The number of rotatable bonds is 5. The van der Waals surface area contributed by atoms with Crippen molar-refractivity contribution in [2.75, 3.05) is 18.9 Å². The van der Waals surface area contributed by atoms with Gasteiger partial charge in [-0.3, -0.25) is 4.98 Å². The summed E-state index contributed by atoms with van der Waals surface area (Å²) in [6, 6.07) is 12.3. The lowest BCUT2D eigenvalue weighted by molar-refractivity contribution is 0.581. The standard InChI is InChI=1S/C18H16BrClFN3/c1-22-10-17(12-4-2-3-5-15(12)21)24-18-13-8-11(19)6-7-16(13)23-9-14(18)20/h2-9,17,22H,10H2,1H3,(H,23,24). The van der Waals surface area contributed by atoms with Gasteiger partial charge < -0.3 is 10.6 Å². The molecule has 1 atom stereocenters. The topological polar surface area (TPSA) is 37.0 Å². The first-order valence-electron chi connectivity index (χ1n) is 7.49. The fraction of sp³-hybridized carbons (Fsp3) is 0.167. The molecule has 2 N–H and O–H groups in total. The van der Waals surface area contributed by atoms with E-state index in [-0.39, 0.29) is 11.9 Å². The molecule has 6 heteroatoms. The first-order chi connectivity index (χ1) is 11.6. The second-order valence-electron chi connectivity index (χ2n) is 5.42. The highest BCUT2D eigenvalue weighted by atomic mass is 79.9. The molecule has 1 heterocycles. The van der Waals surface area contributed by atoms with Gasteiger partial charge in [0.1, 0.15) is 5.82 Å². The third kappa shape index (κ3) is 3.53. The van der Waals surface area contributed by atoms with Crippen LogP contribution < -0.4 is 10.6 Å². The molecule has 0 saturated heterocycles. The number of fused-ring (bicyclic) bond motifs is 1. The normalized spacial score (nSPS) is 12.3. The van der Waals surface area contributed by atoms with Crippen LogP contribution in [0, 0.1) is 5.82 Å². The van der Waals surface area contributed by atoms with Gasteiger partial charge in [-0.15, -0.1) is 0 Å². The molecule has 0 fully saturated rings. The van der Waals surface area contributed by atoms with Gasteiger partial charge in [-0.2, -0.15) is 0 Å². The van der Waals surface area contributed by atoms with E-state index in [0.29, 0.717) is 17.1 Å². The van der Waals surface area contributed by atoms with E-state index in [1.165, 1.54) is 6.07 Å². The highest BCUT2D eigenvalue weighted by molar-refractivity contribution is 9.10. The SMILES string of the molecule is CNCC(Nc1c(Cl)cnc2ccc(Br)cc12)c1ccccc1F. The number of pyridine rings is 1. The van der Waals surface area contributed by atoms with Gasteiger partial charge in [0.15, 0.2) is 0 Å². The zero-order chi connectivity index (χ0) is 17.1. The molecule has 2 aromatic carbocycles. The Morgan fingerprint density at radius 2 is 2.04 bits per heavy atom. The second kappa shape index (κ2) is 7.47. The molecule has 0 aliphatic carbocycles. The first kappa shape index (κ1) is 17.1. The molecule has 0 aliphatic heterocycles. The zero-order valence-corrected chi connectivity index (χ0v) is 15.3. The minimum atomic E-state index is -0.265. The lowest BCUT2D eigenvalue weighted by atomic mass is 10.0. The summed E-state index contributed by atoms with van der Waals surface area (Å²) in [5, 5.41) is 7.86. The van der Waals surface area contributed by atoms with Crippen molar-refractivity contribution in [2.45, 2.75) is 6.04 Å². The van der Waals surface area contributed by atoms with Crippen LogP contribution in [0.3, 0.4) is 0 Å². The summed E-state index contributed by atoms with van der Waals surface area (Å²) >= 11 is 9.85. The molecule has 0 spiro atoms. The van der Waals surface area contributed by atoms with E-state index >= 15 is 0 Å². The van der Waals surface area contributed by atoms with Crippen molar-refractivity contribution in [3.05, 3.63) is 69.5 Å². The minimum absolute atomic E-state index is 0.249. The van der Waals surface area contributed by atoms with Crippen LogP contribution in [0.5, 0.6) is 0 Å². The highest BCUT2D eigenvalue weighted by Gasteiger charge is 2.18. The number of likely N-dealkylation sites (N-methyl/N-ethyl adjacent to an activating group) is 1. The molecule has 3 rings (SSSR count). The van der Waals surface area contributed by atoms with Gasteiger partial charge in [-0.05, 0) is 31.3 Å². The van der Waals surface area contributed by atoms with Gasteiger partial charge in [0.05, 0.1) is 22.3 Å². The smallest absolute Gasteiger partial charge is 0.128 e. The summed E-state index contributed by atoms with van der Waals surface area (Å²) in [7, 11) is 1.83. The number of nitrogens with one attached hydrogen (secondary N) is 2. The van der Waals surface area contributed by atoms with Crippen molar-refractivity contribution in [1.82, 2.24) is 10.3 Å². The van der Waals surface area contributed by atoms with E-state index in [1.807, 2.05) is 31.3 Å². The Morgan fingerprint density at radius 3 is 2.79 bits per heavy atom. The largest absolute Gasteiger partial charge is 0.375 e. The fourth-order valence-electron chi connectivity index (χ4n) is 2.66. The molecule has 3 nitrogen and oxygen atoms in total. The first-order valence-corrected chi connectivity index (χ1v) is 8.66. The highest BCUT2D eigenvalue weighted by Crippen LogP contribution is 2.34. The van der Waals surface area contributed by atoms with Crippen molar-refractivity contribution < 1.29 is 4.39 Å². The second-order valence-corrected chi connectivity index (χ2v) is 6.74. The third-order valence-electron chi connectivity index (χ3n) is 3.79. The van der Waals surface area contributed by atoms with Crippen molar-refractivity contribution in [1.29, 1.82) is 0 Å². The van der Waals surface area contributed by atoms with E-state index in [4.69, 9.17) is 11.6 Å². The summed E-state index contributed by atoms with van der Waals surface area (Å²) in [5.41, 5.74) is 2.15. The van der Waals surface area contributed by atoms with E-state index in [1.54, 1.807) is 18.3 Å². The third-order valence-corrected chi connectivity index (χ3v) is 4.57. The van der Waals surface area contributed by atoms with Gasteiger partial charge >= 0.3 is 0 Å². The summed E-state index contributed by atoms with van der Waals surface area (Å²) < 4.78 is 15.2. The van der Waals surface area contributed by atoms with Gasteiger partial charge in [-0.1, -0.05) is 45.7 Å². The summed E-state index contributed by atoms with van der Waals surface area (Å²) in [6.45, 7) is 0.551. The Kier molecular flexibility index (Phi) is 5.33. The molecular formula is C18H16BrClFN3. The number of aromatic nitrogens is 1. The molecule has 0 amide bonds. The van der Waals surface area contributed by atoms with E-state index in [2.05, 4.69) is 31.5 Å².